The molecule has 0 aromatic heterocycles. The molecule has 0 bridgehead atoms. The van der Waals surface area contributed by atoms with Gasteiger partial charge in [0.1, 0.15) is 0 Å². The maximum atomic E-state index is 8.93. The molecule has 0 fully saturated rings. The van der Waals surface area contributed by atoms with Crippen LogP contribution in [0.15, 0.2) is 12.7 Å². The average Bonchev–Trinajstić information content (AvgIpc) is 1.37. The van der Waals surface area contributed by atoms with Crippen molar-refractivity contribution in [2.75, 3.05) is 0 Å². The van der Waals surface area contributed by atoms with Gasteiger partial charge in [-0.1, -0.05) is 0 Å². The van der Waals surface area contributed by atoms with Crippen molar-refractivity contribution in [2.45, 2.75) is 0 Å². The van der Waals surface area contributed by atoms with Crippen LogP contribution in [-0.2, 0) is 38.4 Å². The molecule has 0 N–H and O–H groups in total. The Bertz CT molecular complexity index is 31.8. The van der Waals surface area contributed by atoms with Gasteiger partial charge >= 0.3 is 17.1 Å². The Balaban J connectivity index is -0.0000000450. The van der Waals surface area contributed by atoms with Gasteiger partial charge in [-0.15, -0.1) is 0 Å². The first-order valence-corrected chi connectivity index (χ1v) is 0.901. The van der Waals surface area contributed by atoms with Crippen LogP contribution in [0, 0.1) is 0 Å². The van der Waals surface area contributed by atoms with Crippen molar-refractivity contribution < 1.29 is 38.4 Å². The fourth-order valence-corrected chi connectivity index (χ4v) is 0. The Hall–Kier alpha value is 0.423. The molecule has 0 aliphatic rings. The van der Waals surface area contributed by atoms with Gasteiger partial charge in [-0.2, -0.15) is 0 Å². The van der Waals surface area contributed by atoms with Crippen molar-refractivity contribution >= 4 is 6.29 Å². The van der Waals surface area contributed by atoms with Gasteiger partial charge in [0, 0.05) is 16.5 Å². The van der Waals surface area contributed by atoms with E-state index in [0.717, 1.165) is 6.08 Å². The largest absolute Gasteiger partial charge is 1.00 e. The van der Waals surface area contributed by atoms with Crippen LogP contribution in [0.3, 0.4) is 0 Å². The maximum absolute atomic E-state index is 8.93. The number of carbonyl (C=O) groups excluding carboxylic acids is 1. The third-order valence-corrected chi connectivity index (χ3v) is 0.0833. The molecule has 0 aromatic rings. The first-order valence-electron chi connectivity index (χ1n) is 0.901. The molecular formula is C3H3CuNiO. The minimum atomic E-state index is 0. The van der Waals surface area contributed by atoms with Gasteiger partial charge in [-0.3, -0.25) is 0 Å². The first-order chi connectivity index (χ1) is 1.91. The molecule has 0 unspecified atom stereocenters. The monoisotopic (exact) mass is 176 g/mol. The van der Waals surface area contributed by atoms with E-state index in [0.29, 0.717) is 0 Å². The molecule has 0 radical (unpaired) electrons. The van der Waals surface area contributed by atoms with Crippen molar-refractivity contribution in [1.82, 2.24) is 0 Å². The number of allylic oxidation sites excluding steroid dienone is 1. The molecule has 3 heteroatoms. The number of hydrogen-bond acceptors (Lipinski definition) is 1. The van der Waals surface area contributed by atoms with E-state index in [1.165, 1.54) is 6.29 Å². The number of hydrogen-bond donors (Lipinski definition) is 0. The summed E-state index contributed by atoms with van der Waals surface area (Å²) in [6.45, 7) is 3.06. The molecule has 0 aliphatic carbocycles. The Labute approximate surface area is 57.6 Å². The molecule has 0 heterocycles. The molecule has 1 nitrogen and oxygen atoms in total. The van der Waals surface area contributed by atoms with Crippen LogP contribution in [0.2, 0.25) is 0 Å². The van der Waals surface area contributed by atoms with Gasteiger partial charge < -0.3 is 4.79 Å². The van der Waals surface area contributed by atoms with E-state index in [9.17, 15) is 0 Å². The topological polar surface area (TPSA) is 17.1 Å². The Kier molecular flexibility index (Phi) is 48.6. The van der Waals surface area contributed by atoms with Gasteiger partial charge in [0.05, 0.1) is 0 Å². The van der Waals surface area contributed by atoms with Gasteiger partial charge in [0.2, 0.25) is 0 Å². The SMILES string of the molecule is C=C[C-]=O.[Cu+].[Ni]. The van der Waals surface area contributed by atoms with Crippen LogP contribution >= 0.6 is 0 Å². The fraction of sp³-hybridized carbons (Fsp3) is 0. The molecule has 0 saturated heterocycles. The maximum Gasteiger partial charge on any atom is 1.00 e. The van der Waals surface area contributed by atoms with E-state index >= 15 is 0 Å². The molecule has 42 valence electrons. The van der Waals surface area contributed by atoms with E-state index < -0.39 is 0 Å². The summed E-state index contributed by atoms with van der Waals surface area (Å²) in [4.78, 5) is 8.93. The smallest absolute Gasteiger partial charge is 0.419 e. The van der Waals surface area contributed by atoms with Crippen molar-refractivity contribution in [2.24, 2.45) is 0 Å². The Morgan fingerprint density at radius 2 is 1.83 bits per heavy atom. The Morgan fingerprint density at radius 1 is 1.67 bits per heavy atom. The third-order valence-electron chi connectivity index (χ3n) is 0.0833. The van der Waals surface area contributed by atoms with E-state index in [1.54, 1.807) is 0 Å². The molecule has 0 aromatic carbocycles. The predicted octanol–water partition coefficient (Wildman–Crippen LogP) is 0.277. The van der Waals surface area contributed by atoms with Gasteiger partial charge in [0.25, 0.3) is 0 Å². The quantitative estimate of drug-likeness (QED) is 0.319. The van der Waals surface area contributed by atoms with Crippen LogP contribution in [-0.4, -0.2) is 6.29 Å². The minimum Gasteiger partial charge on any atom is -0.419 e. The minimum absolute atomic E-state index is 0. The summed E-state index contributed by atoms with van der Waals surface area (Å²) in [5.41, 5.74) is 0. The normalized spacial score (nSPS) is 3.33. The van der Waals surface area contributed by atoms with Crippen LogP contribution in [0.1, 0.15) is 0 Å². The second-order valence-electron chi connectivity index (χ2n) is 0.322. The molecular weight excluding hydrogens is 174 g/mol. The summed E-state index contributed by atoms with van der Waals surface area (Å²) < 4.78 is 0. The summed E-state index contributed by atoms with van der Waals surface area (Å²) in [6.07, 6.45) is 2.51. The van der Waals surface area contributed by atoms with Crippen molar-refractivity contribution in [1.29, 1.82) is 0 Å². The van der Waals surface area contributed by atoms with Gasteiger partial charge in [-0.25, -0.2) is 12.7 Å². The summed E-state index contributed by atoms with van der Waals surface area (Å²) >= 11 is 0. The van der Waals surface area contributed by atoms with Crippen LogP contribution in [0.4, 0.5) is 0 Å². The zero-order chi connectivity index (χ0) is 3.41. The average molecular weight is 177 g/mol. The van der Waals surface area contributed by atoms with Crippen LogP contribution < -0.4 is 0 Å². The molecule has 0 aliphatic heterocycles. The van der Waals surface area contributed by atoms with Crippen molar-refractivity contribution in [3.63, 3.8) is 0 Å². The Morgan fingerprint density at radius 3 is 1.83 bits per heavy atom. The van der Waals surface area contributed by atoms with E-state index in [2.05, 4.69) is 6.58 Å². The summed E-state index contributed by atoms with van der Waals surface area (Å²) in [6, 6.07) is 0. The standard InChI is InChI=1S/C3H3O.Cu.Ni/c1-2-3-4;;/h2H,1H2;;/q-1;+1;. The van der Waals surface area contributed by atoms with E-state index in [-0.39, 0.29) is 33.6 Å². The number of rotatable bonds is 1. The molecule has 0 spiro atoms. The van der Waals surface area contributed by atoms with Gasteiger partial charge in [0.15, 0.2) is 0 Å². The van der Waals surface area contributed by atoms with Gasteiger partial charge in [-0.05, 0) is 6.29 Å². The zero-order valence-electron chi connectivity index (χ0n) is 2.81. The molecule has 0 atom stereocenters. The van der Waals surface area contributed by atoms with Crippen molar-refractivity contribution in [3.8, 4) is 0 Å². The predicted molar refractivity (Wildman–Crippen MR) is 15.9 cm³/mol. The summed E-state index contributed by atoms with van der Waals surface area (Å²) in [5.74, 6) is 0. The molecule has 0 saturated carbocycles. The molecule has 6 heavy (non-hydrogen) atoms. The van der Waals surface area contributed by atoms with Crippen molar-refractivity contribution in [3.05, 3.63) is 12.7 Å². The molecule has 0 rings (SSSR count). The van der Waals surface area contributed by atoms with Crippen LogP contribution in [0.25, 0.3) is 0 Å². The second kappa shape index (κ2) is 18.1. The van der Waals surface area contributed by atoms with E-state index in [4.69, 9.17) is 4.79 Å². The zero-order valence-corrected chi connectivity index (χ0v) is 4.74. The first kappa shape index (κ1) is 16.1. The summed E-state index contributed by atoms with van der Waals surface area (Å²) in [5, 5.41) is 0. The fourth-order valence-electron chi connectivity index (χ4n) is 0. The second-order valence-corrected chi connectivity index (χ2v) is 0.322. The molecule has 0 amide bonds. The summed E-state index contributed by atoms with van der Waals surface area (Å²) in [7, 11) is 0. The van der Waals surface area contributed by atoms with E-state index in [1.807, 2.05) is 0 Å². The third kappa shape index (κ3) is 25.6. The van der Waals surface area contributed by atoms with Crippen LogP contribution in [0.5, 0.6) is 0 Å².